The van der Waals surface area contributed by atoms with Crippen molar-refractivity contribution in [1.29, 1.82) is 0 Å². The number of unbranched alkanes of at least 4 members (excludes halogenated alkanes) is 5. The second-order valence-electron chi connectivity index (χ2n) is 10.6. The van der Waals surface area contributed by atoms with Crippen LogP contribution < -0.4 is 19.5 Å². The van der Waals surface area contributed by atoms with Gasteiger partial charge in [-0.15, -0.1) is 0 Å². The first-order valence-electron chi connectivity index (χ1n) is 15.0. The molecule has 1 heterocycles. The van der Waals surface area contributed by atoms with E-state index in [1.165, 1.54) is 32.1 Å². The van der Waals surface area contributed by atoms with Gasteiger partial charge in [-0.1, -0.05) is 81.5 Å². The van der Waals surface area contributed by atoms with E-state index in [9.17, 15) is 4.79 Å². The summed E-state index contributed by atoms with van der Waals surface area (Å²) >= 11 is 0. The van der Waals surface area contributed by atoms with Gasteiger partial charge in [-0.2, -0.15) is 0 Å². The predicted molar refractivity (Wildman–Crippen MR) is 166 cm³/mol. The summed E-state index contributed by atoms with van der Waals surface area (Å²) in [4.78, 5) is 18.3. The number of benzene rings is 3. The molecule has 0 saturated carbocycles. The lowest BCUT2D eigenvalue weighted by atomic mass is 9.90. The van der Waals surface area contributed by atoms with Crippen LogP contribution in [-0.2, 0) is 24.1 Å². The average molecular weight is 557 g/mol. The summed E-state index contributed by atoms with van der Waals surface area (Å²) in [6, 6.07) is 21.8. The van der Waals surface area contributed by atoms with Crippen molar-refractivity contribution < 1.29 is 19.0 Å². The van der Waals surface area contributed by atoms with Crippen LogP contribution in [0.1, 0.15) is 67.7 Å². The maximum atomic E-state index is 13.4. The molecule has 1 atom stereocenters. The fourth-order valence-corrected chi connectivity index (χ4v) is 5.32. The minimum absolute atomic E-state index is 0.0398. The Morgan fingerprint density at radius 1 is 0.878 bits per heavy atom. The maximum Gasteiger partial charge on any atom is 0.224 e. The lowest BCUT2D eigenvalue weighted by molar-refractivity contribution is -0.120. The van der Waals surface area contributed by atoms with Gasteiger partial charge < -0.3 is 19.5 Å². The van der Waals surface area contributed by atoms with Crippen LogP contribution in [0.2, 0.25) is 0 Å². The molecule has 3 aromatic carbocycles. The number of ether oxygens (including phenoxy) is 3. The first-order chi connectivity index (χ1) is 20.1. The summed E-state index contributed by atoms with van der Waals surface area (Å²) in [6.07, 6.45) is 9.19. The molecule has 1 aliphatic heterocycles. The third-order valence-electron chi connectivity index (χ3n) is 7.55. The fourth-order valence-electron chi connectivity index (χ4n) is 5.32. The molecule has 41 heavy (non-hydrogen) atoms. The average Bonchev–Trinajstić information content (AvgIpc) is 3.00. The van der Waals surface area contributed by atoms with E-state index in [-0.39, 0.29) is 18.4 Å². The number of amides is 1. The van der Waals surface area contributed by atoms with E-state index in [1.807, 2.05) is 54.6 Å². The van der Waals surface area contributed by atoms with Crippen molar-refractivity contribution in [3.63, 3.8) is 0 Å². The van der Waals surface area contributed by atoms with Crippen molar-refractivity contribution in [1.82, 2.24) is 5.32 Å². The summed E-state index contributed by atoms with van der Waals surface area (Å²) in [5, 5.41) is 3.30. The van der Waals surface area contributed by atoms with Gasteiger partial charge in [0.05, 0.1) is 39.0 Å². The van der Waals surface area contributed by atoms with Crippen LogP contribution in [0.5, 0.6) is 17.2 Å². The number of hydrogen-bond donors (Lipinski definition) is 1. The smallest absolute Gasteiger partial charge is 0.224 e. The number of methoxy groups -OCH3 is 2. The number of rotatable bonds is 16. The van der Waals surface area contributed by atoms with E-state index in [4.69, 9.17) is 19.2 Å². The molecule has 1 amide bonds. The second kappa shape index (κ2) is 15.8. The molecule has 6 nitrogen and oxygen atoms in total. The number of carbonyl (C=O) groups excluding carboxylic acids is 1. The molecular formula is C35H44N2O4. The number of carbonyl (C=O) groups is 1. The van der Waals surface area contributed by atoms with Gasteiger partial charge in [0.25, 0.3) is 0 Å². The molecule has 1 aliphatic rings. The molecule has 0 radical (unpaired) electrons. The van der Waals surface area contributed by atoms with E-state index in [0.29, 0.717) is 24.5 Å². The highest BCUT2D eigenvalue weighted by atomic mass is 16.5. The van der Waals surface area contributed by atoms with Crippen molar-refractivity contribution >= 4 is 11.6 Å². The lowest BCUT2D eigenvalue weighted by Gasteiger charge is -2.27. The summed E-state index contributed by atoms with van der Waals surface area (Å²) in [5.41, 5.74) is 5.12. The van der Waals surface area contributed by atoms with Crippen molar-refractivity contribution in [2.24, 2.45) is 4.99 Å². The highest BCUT2D eigenvalue weighted by molar-refractivity contribution is 6.08. The lowest BCUT2D eigenvalue weighted by Crippen LogP contribution is -2.44. The zero-order valence-corrected chi connectivity index (χ0v) is 24.8. The number of aliphatic imine (C=N–C) groups is 1. The van der Waals surface area contributed by atoms with E-state index in [2.05, 4.69) is 24.4 Å². The maximum absolute atomic E-state index is 13.4. The first kappa shape index (κ1) is 30.2. The van der Waals surface area contributed by atoms with Gasteiger partial charge in [-0.05, 0) is 60.2 Å². The van der Waals surface area contributed by atoms with Gasteiger partial charge in [-0.25, -0.2) is 0 Å². The standard InChI is InChI=1S/C35H44N2O4/c1-4-5-6-7-8-12-21-41-29-17-15-27(16-18-29)23-34(38)37-31(22-26-13-10-9-11-14-26)35-30-25-33(40-3)32(39-2)24-28(30)19-20-36-35/h9-11,13-18,24-25,31H,4-8,12,19-23H2,1-3H3,(H,37,38)/t31-/m0/s1. The predicted octanol–water partition coefficient (Wildman–Crippen LogP) is 6.76. The van der Waals surface area contributed by atoms with Crippen LogP contribution in [0, 0.1) is 0 Å². The van der Waals surface area contributed by atoms with Crippen molar-refractivity contribution in [2.75, 3.05) is 27.4 Å². The molecule has 0 fully saturated rings. The van der Waals surface area contributed by atoms with Crippen LogP contribution in [-0.4, -0.2) is 45.0 Å². The molecule has 218 valence electrons. The molecule has 0 spiro atoms. The van der Waals surface area contributed by atoms with Crippen LogP contribution >= 0.6 is 0 Å². The monoisotopic (exact) mass is 556 g/mol. The Morgan fingerprint density at radius 2 is 1.59 bits per heavy atom. The highest BCUT2D eigenvalue weighted by Gasteiger charge is 2.26. The van der Waals surface area contributed by atoms with Crippen molar-refractivity contribution in [2.45, 2.75) is 70.8 Å². The number of nitrogens with zero attached hydrogens (tertiary/aromatic N) is 1. The number of fused-ring (bicyclic) bond motifs is 1. The Kier molecular flexibility index (Phi) is 11.7. The van der Waals surface area contributed by atoms with E-state index in [1.54, 1.807) is 14.2 Å². The minimum atomic E-state index is -0.276. The van der Waals surface area contributed by atoms with E-state index in [0.717, 1.165) is 53.2 Å². The Hall–Kier alpha value is -3.80. The van der Waals surface area contributed by atoms with Gasteiger partial charge in [0, 0.05) is 12.1 Å². The van der Waals surface area contributed by atoms with Gasteiger partial charge >= 0.3 is 0 Å². The molecule has 0 saturated heterocycles. The van der Waals surface area contributed by atoms with E-state index >= 15 is 0 Å². The number of hydrogen-bond acceptors (Lipinski definition) is 5. The van der Waals surface area contributed by atoms with Crippen molar-refractivity contribution in [3.05, 3.63) is 89.0 Å². The molecule has 3 aromatic rings. The Bertz CT molecular complexity index is 1270. The number of nitrogens with one attached hydrogen (secondary N) is 1. The van der Waals surface area contributed by atoms with Crippen LogP contribution in [0.25, 0.3) is 0 Å². The summed E-state index contributed by atoms with van der Waals surface area (Å²) in [6.45, 7) is 3.63. The van der Waals surface area contributed by atoms with E-state index < -0.39 is 0 Å². The summed E-state index contributed by atoms with van der Waals surface area (Å²) < 4.78 is 17.0. The fraction of sp³-hybridized carbons (Fsp3) is 0.429. The topological polar surface area (TPSA) is 69.2 Å². The zero-order chi connectivity index (χ0) is 28.9. The molecule has 6 heteroatoms. The second-order valence-corrected chi connectivity index (χ2v) is 10.6. The quantitative estimate of drug-likeness (QED) is 0.198. The molecule has 0 aliphatic carbocycles. The van der Waals surface area contributed by atoms with Crippen LogP contribution in [0.4, 0.5) is 0 Å². The molecule has 0 unspecified atom stereocenters. The molecule has 0 aromatic heterocycles. The van der Waals surface area contributed by atoms with Gasteiger partial charge in [-0.3, -0.25) is 9.79 Å². The summed E-state index contributed by atoms with van der Waals surface area (Å²) in [5.74, 6) is 2.17. The molecule has 0 bridgehead atoms. The third-order valence-corrected chi connectivity index (χ3v) is 7.55. The van der Waals surface area contributed by atoms with Gasteiger partial charge in [0.15, 0.2) is 11.5 Å². The summed E-state index contributed by atoms with van der Waals surface area (Å²) in [7, 11) is 3.28. The van der Waals surface area contributed by atoms with Crippen molar-refractivity contribution in [3.8, 4) is 17.2 Å². The Labute approximate surface area is 245 Å². The normalized spacial score (nSPS) is 13.1. The Balaban J connectivity index is 1.42. The van der Waals surface area contributed by atoms with Gasteiger partial charge in [0.1, 0.15) is 5.75 Å². The zero-order valence-electron chi connectivity index (χ0n) is 24.8. The third kappa shape index (κ3) is 8.84. The molecule has 1 N–H and O–H groups in total. The van der Waals surface area contributed by atoms with Crippen LogP contribution in [0.15, 0.2) is 71.7 Å². The largest absolute Gasteiger partial charge is 0.494 e. The highest BCUT2D eigenvalue weighted by Crippen LogP contribution is 2.33. The Morgan fingerprint density at radius 3 is 2.32 bits per heavy atom. The minimum Gasteiger partial charge on any atom is -0.494 e. The molecule has 4 rings (SSSR count). The van der Waals surface area contributed by atoms with Gasteiger partial charge in [0.2, 0.25) is 5.91 Å². The van der Waals surface area contributed by atoms with Crippen LogP contribution in [0.3, 0.4) is 0 Å². The SMILES string of the molecule is CCCCCCCCOc1ccc(CC(=O)N[C@@H](Cc2ccccc2)C2=NCCc3cc(OC)c(OC)cc32)cc1. The first-order valence-corrected chi connectivity index (χ1v) is 15.0. The molecular weight excluding hydrogens is 512 g/mol.